The molecule has 0 aliphatic carbocycles. The number of ether oxygens (including phenoxy) is 1. The molecule has 20 heavy (non-hydrogen) atoms. The summed E-state index contributed by atoms with van der Waals surface area (Å²) in [5.41, 5.74) is 0.296. The Balaban J connectivity index is 2.02. The number of halogens is 1. The predicted molar refractivity (Wildman–Crippen MR) is 78.3 cm³/mol. The lowest BCUT2D eigenvalue weighted by atomic mass is 10.3. The molecule has 0 unspecified atom stereocenters. The van der Waals surface area contributed by atoms with E-state index in [1.807, 2.05) is 6.07 Å². The van der Waals surface area contributed by atoms with Crippen LogP contribution in [-0.2, 0) is 4.74 Å². The molecular weight excluding hydrogens is 300 g/mol. The van der Waals surface area contributed by atoms with Gasteiger partial charge in [-0.2, -0.15) is 0 Å². The molecular formula is C13H15ClN2O3S. The topological polar surface area (TPSA) is 55.6 Å². The number of nitrogens with zero attached hydrogens (tertiary/aromatic N) is 2. The summed E-state index contributed by atoms with van der Waals surface area (Å²) in [5.74, 6) is 0.384. The molecule has 5 nitrogen and oxygen atoms in total. The van der Waals surface area contributed by atoms with Gasteiger partial charge in [-0.1, -0.05) is 16.8 Å². The second kappa shape index (κ2) is 6.88. The van der Waals surface area contributed by atoms with Crippen LogP contribution in [0.4, 0.5) is 0 Å². The summed E-state index contributed by atoms with van der Waals surface area (Å²) in [5, 5.41) is 3.82. The first-order valence-electron chi connectivity index (χ1n) is 6.08. The monoisotopic (exact) mass is 314 g/mol. The smallest absolute Gasteiger partial charge is 0.275 e. The van der Waals surface area contributed by atoms with E-state index < -0.39 is 0 Å². The van der Waals surface area contributed by atoms with E-state index in [9.17, 15) is 4.79 Å². The van der Waals surface area contributed by atoms with Crippen LogP contribution < -0.4 is 0 Å². The maximum absolute atomic E-state index is 12.1. The Morgan fingerprint density at radius 3 is 3.00 bits per heavy atom. The number of hydrogen-bond acceptors (Lipinski definition) is 5. The number of hydrogen-bond donors (Lipinski definition) is 0. The van der Waals surface area contributed by atoms with E-state index in [4.69, 9.17) is 20.9 Å². The van der Waals surface area contributed by atoms with Gasteiger partial charge < -0.3 is 14.2 Å². The largest absolute Gasteiger partial charge is 0.385 e. The SMILES string of the molecule is COCCCN(C)C(=O)c1cc(-c2ccc(Cl)s2)on1. The van der Waals surface area contributed by atoms with E-state index in [2.05, 4.69) is 5.16 Å². The van der Waals surface area contributed by atoms with E-state index in [-0.39, 0.29) is 5.91 Å². The van der Waals surface area contributed by atoms with Gasteiger partial charge in [-0.25, -0.2) is 0 Å². The lowest BCUT2D eigenvalue weighted by Gasteiger charge is -2.14. The molecule has 0 spiro atoms. The van der Waals surface area contributed by atoms with Gasteiger partial charge in [0.05, 0.1) is 9.21 Å². The van der Waals surface area contributed by atoms with Crippen molar-refractivity contribution in [1.29, 1.82) is 0 Å². The molecule has 0 aromatic carbocycles. The number of carbonyl (C=O) groups is 1. The third-order valence-corrected chi connectivity index (χ3v) is 3.98. The van der Waals surface area contributed by atoms with E-state index in [1.165, 1.54) is 11.3 Å². The van der Waals surface area contributed by atoms with Crippen LogP contribution in [0.1, 0.15) is 16.9 Å². The second-order valence-electron chi connectivity index (χ2n) is 4.25. The van der Waals surface area contributed by atoms with Gasteiger partial charge in [0.1, 0.15) is 0 Å². The van der Waals surface area contributed by atoms with Crippen molar-refractivity contribution in [2.45, 2.75) is 6.42 Å². The van der Waals surface area contributed by atoms with Crippen molar-refractivity contribution >= 4 is 28.8 Å². The maximum Gasteiger partial charge on any atom is 0.275 e. The fraction of sp³-hybridized carbons (Fsp3) is 0.385. The maximum atomic E-state index is 12.1. The quantitative estimate of drug-likeness (QED) is 0.769. The molecule has 0 N–H and O–H groups in total. The number of methoxy groups -OCH3 is 1. The minimum atomic E-state index is -0.168. The average Bonchev–Trinajstić information content (AvgIpc) is 3.06. The molecule has 0 saturated heterocycles. The standard InChI is InChI=1S/C13H15ClN2O3S/c1-16(6-3-7-18-2)13(17)9-8-10(19-15-9)11-4-5-12(14)20-11/h4-5,8H,3,6-7H2,1-2H3. The molecule has 108 valence electrons. The Morgan fingerprint density at radius 2 is 2.35 bits per heavy atom. The summed E-state index contributed by atoms with van der Waals surface area (Å²) >= 11 is 7.25. The first-order chi connectivity index (χ1) is 9.61. The van der Waals surface area contributed by atoms with Crippen molar-refractivity contribution < 1.29 is 14.1 Å². The number of carbonyl (C=O) groups excluding carboxylic acids is 1. The molecule has 0 radical (unpaired) electrons. The minimum Gasteiger partial charge on any atom is -0.385 e. The highest BCUT2D eigenvalue weighted by molar-refractivity contribution is 7.19. The van der Waals surface area contributed by atoms with Gasteiger partial charge in [-0.05, 0) is 18.6 Å². The molecule has 2 rings (SSSR count). The van der Waals surface area contributed by atoms with E-state index in [1.54, 1.807) is 31.2 Å². The molecule has 1 amide bonds. The normalized spacial score (nSPS) is 10.8. The molecule has 0 aliphatic rings. The summed E-state index contributed by atoms with van der Waals surface area (Å²) in [4.78, 5) is 14.6. The predicted octanol–water partition coefficient (Wildman–Crippen LogP) is 3.17. The van der Waals surface area contributed by atoms with Crippen molar-refractivity contribution in [3.63, 3.8) is 0 Å². The number of aromatic nitrogens is 1. The van der Waals surface area contributed by atoms with Crippen LogP contribution in [0, 0.1) is 0 Å². The van der Waals surface area contributed by atoms with Crippen molar-refractivity contribution in [3.05, 3.63) is 28.2 Å². The fourth-order valence-electron chi connectivity index (χ4n) is 1.68. The Kier molecular flexibility index (Phi) is 5.17. The fourth-order valence-corrected chi connectivity index (χ4v) is 2.67. The third kappa shape index (κ3) is 3.59. The van der Waals surface area contributed by atoms with Gasteiger partial charge >= 0.3 is 0 Å². The lowest BCUT2D eigenvalue weighted by Crippen LogP contribution is -2.28. The molecule has 2 aromatic rings. The Bertz CT molecular complexity index is 582. The van der Waals surface area contributed by atoms with Crippen molar-refractivity contribution in [2.24, 2.45) is 0 Å². The van der Waals surface area contributed by atoms with Crippen molar-refractivity contribution in [1.82, 2.24) is 10.1 Å². The summed E-state index contributed by atoms with van der Waals surface area (Å²) in [6.07, 6.45) is 0.782. The molecule has 0 bridgehead atoms. The summed E-state index contributed by atoms with van der Waals surface area (Å²) in [7, 11) is 3.37. The Labute approximate surface area is 126 Å². The summed E-state index contributed by atoms with van der Waals surface area (Å²) < 4.78 is 10.8. The van der Waals surface area contributed by atoms with E-state index in [0.717, 1.165) is 11.3 Å². The molecule has 0 saturated carbocycles. The molecule has 0 aliphatic heterocycles. The molecule has 0 fully saturated rings. The zero-order chi connectivity index (χ0) is 14.5. The summed E-state index contributed by atoms with van der Waals surface area (Å²) in [6, 6.07) is 5.25. The third-order valence-electron chi connectivity index (χ3n) is 2.73. The molecule has 0 atom stereocenters. The van der Waals surface area contributed by atoms with Gasteiger partial charge in [-0.15, -0.1) is 11.3 Å². The lowest BCUT2D eigenvalue weighted by molar-refractivity contribution is 0.0769. The zero-order valence-corrected chi connectivity index (χ0v) is 12.8. The molecule has 2 heterocycles. The first-order valence-corrected chi connectivity index (χ1v) is 7.28. The van der Waals surface area contributed by atoms with Crippen molar-refractivity contribution in [3.8, 4) is 10.6 Å². The highest BCUT2D eigenvalue weighted by Crippen LogP contribution is 2.31. The van der Waals surface area contributed by atoms with Crippen molar-refractivity contribution in [2.75, 3.05) is 27.3 Å². The molecule has 2 aromatic heterocycles. The number of rotatable bonds is 6. The van der Waals surface area contributed by atoms with Crippen LogP contribution in [0.5, 0.6) is 0 Å². The van der Waals surface area contributed by atoms with Crippen LogP contribution in [0.3, 0.4) is 0 Å². The highest BCUT2D eigenvalue weighted by atomic mass is 35.5. The van der Waals surface area contributed by atoms with Gasteiger partial charge in [0, 0.05) is 33.4 Å². The van der Waals surface area contributed by atoms with E-state index >= 15 is 0 Å². The van der Waals surface area contributed by atoms with Crippen LogP contribution in [0.25, 0.3) is 10.6 Å². The number of amides is 1. The summed E-state index contributed by atoms with van der Waals surface area (Å²) in [6.45, 7) is 1.23. The van der Waals surface area contributed by atoms with Crippen LogP contribution in [0.15, 0.2) is 22.7 Å². The first kappa shape index (κ1) is 15.0. The van der Waals surface area contributed by atoms with Crippen LogP contribution >= 0.6 is 22.9 Å². The Morgan fingerprint density at radius 1 is 1.55 bits per heavy atom. The van der Waals surface area contributed by atoms with Gasteiger partial charge in [-0.3, -0.25) is 4.79 Å². The Hall–Kier alpha value is -1.37. The minimum absolute atomic E-state index is 0.168. The van der Waals surface area contributed by atoms with Gasteiger partial charge in [0.15, 0.2) is 11.5 Å². The van der Waals surface area contributed by atoms with Crippen LogP contribution in [-0.4, -0.2) is 43.3 Å². The van der Waals surface area contributed by atoms with Gasteiger partial charge in [0.25, 0.3) is 5.91 Å². The van der Waals surface area contributed by atoms with Crippen LogP contribution in [0.2, 0.25) is 4.34 Å². The number of thiophene rings is 1. The highest BCUT2D eigenvalue weighted by Gasteiger charge is 2.18. The van der Waals surface area contributed by atoms with Gasteiger partial charge in [0.2, 0.25) is 0 Å². The zero-order valence-electron chi connectivity index (χ0n) is 11.3. The molecule has 7 heteroatoms. The average molecular weight is 315 g/mol. The van der Waals surface area contributed by atoms with E-state index in [0.29, 0.717) is 28.9 Å². The second-order valence-corrected chi connectivity index (χ2v) is 5.97.